The van der Waals surface area contributed by atoms with Crippen molar-refractivity contribution in [3.05, 3.63) is 184 Å². The van der Waals surface area contributed by atoms with E-state index < -0.39 is 58.3 Å². The summed E-state index contributed by atoms with van der Waals surface area (Å²) in [6.07, 6.45) is 9.53. The highest BCUT2D eigenvalue weighted by Crippen LogP contribution is 2.47. The van der Waals surface area contributed by atoms with Gasteiger partial charge in [0.25, 0.3) is 0 Å². The average Bonchev–Trinajstić information content (AvgIpc) is 1.10. The number of benzene rings is 3. The molecule has 3 aromatic carbocycles. The fourth-order valence-corrected chi connectivity index (χ4v) is 12.5. The molecule has 3 saturated heterocycles. The molecule has 0 saturated carbocycles. The number of piperazine rings is 2. The first-order chi connectivity index (χ1) is 45.7. The van der Waals surface area contributed by atoms with Gasteiger partial charge in [-0.2, -0.15) is 19.0 Å². The quantitative estimate of drug-likeness (QED) is 0.0586. The van der Waals surface area contributed by atoms with Crippen molar-refractivity contribution >= 4 is 35.3 Å². The summed E-state index contributed by atoms with van der Waals surface area (Å²) in [5.74, 6) is -7.45. The predicted octanol–water partition coefficient (Wildman–Crippen LogP) is 9.12. The highest BCUT2D eigenvalue weighted by atomic mass is 19.3. The van der Waals surface area contributed by atoms with E-state index >= 15 is 17.6 Å². The van der Waals surface area contributed by atoms with Crippen molar-refractivity contribution in [1.29, 1.82) is 0 Å². The largest absolute Gasteiger partial charge is 0.494 e. The van der Waals surface area contributed by atoms with Crippen LogP contribution in [0.3, 0.4) is 0 Å². The molecular weight excluding hydrogens is 1280 g/mol. The minimum atomic E-state index is -4.18. The maximum absolute atomic E-state index is 16.2. The predicted molar refractivity (Wildman–Crippen MR) is 362 cm³/mol. The molecule has 12 rings (SSSR count). The van der Waals surface area contributed by atoms with Crippen molar-refractivity contribution in [1.82, 2.24) is 63.9 Å². The van der Waals surface area contributed by atoms with E-state index in [4.69, 9.17) is 9.31 Å². The van der Waals surface area contributed by atoms with E-state index in [1.807, 2.05) is 70.7 Å². The van der Waals surface area contributed by atoms with E-state index in [0.29, 0.717) is 61.2 Å². The van der Waals surface area contributed by atoms with Gasteiger partial charge in [0.2, 0.25) is 0 Å². The lowest BCUT2D eigenvalue weighted by molar-refractivity contribution is -0.207. The number of aliphatic hydroxyl groups is 1. The van der Waals surface area contributed by atoms with Crippen LogP contribution in [0, 0.1) is 35.1 Å². The van der Waals surface area contributed by atoms with Crippen LogP contribution in [0.25, 0.3) is 22.8 Å². The number of aromatic nitrogens is 13. The number of anilines is 4. The maximum Gasteiger partial charge on any atom is 0.494 e. The van der Waals surface area contributed by atoms with Crippen molar-refractivity contribution in [3.63, 3.8) is 0 Å². The lowest BCUT2D eigenvalue weighted by Crippen LogP contribution is -2.48. The third kappa shape index (κ3) is 14.5. The van der Waals surface area contributed by atoms with Crippen LogP contribution in [0.2, 0.25) is 0 Å². The molecule has 9 heterocycles. The number of halogens is 6. The van der Waals surface area contributed by atoms with E-state index in [9.17, 15) is 23.5 Å². The Kier molecular flexibility index (Phi) is 21.9. The lowest BCUT2D eigenvalue weighted by atomic mass is 9.79. The van der Waals surface area contributed by atoms with Gasteiger partial charge in [0, 0.05) is 99.3 Å². The van der Waals surface area contributed by atoms with Crippen molar-refractivity contribution < 1.29 is 46.2 Å². The first-order valence-electron chi connectivity index (χ1n) is 32.1. The molecule has 0 amide bonds. The Morgan fingerprint density at radius 1 is 0.571 bits per heavy atom. The smallest absolute Gasteiger partial charge is 0.412 e. The van der Waals surface area contributed by atoms with Crippen molar-refractivity contribution in [2.24, 2.45) is 11.8 Å². The van der Waals surface area contributed by atoms with Gasteiger partial charge in [0.1, 0.15) is 36.3 Å². The van der Waals surface area contributed by atoms with E-state index in [1.54, 1.807) is 12.4 Å². The summed E-state index contributed by atoms with van der Waals surface area (Å²) in [5, 5.41) is 30.2. The molecule has 3 aliphatic rings. The van der Waals surface area contributed by atoms with Gasteiger partial charge in [-0.3, -0.25) is 4.98 Å². The first kappa shape index (κ1) is 73.0. The summed E-state index contributed by atoms with van der Waals surface area (Å²) in [6.45, 7) is 24.8. The zero-order valence-corrected chi connectivity index (χ0v) is 55.7. The van der Waals surface area contributed by atoms with E-state index in [1.165, 1.54) is 51.0 Å². The van der Waals surface area contributed by atoms with E-state index in [0.717, 1.165) is 83.2 Å². The fourth-order valence-electron chi connectivity index (χ4n) is 12.5. The second kappa shape index (κ2) is 29.4. The van der Waals surface area contributed by atoms with Crippen LogP contribution in [-0.4, -0.2) is 145 Å². The van der Waals surface area contributed by atoms with Crippen molar-refractivity contribution in [2.75, 3.05) is 72.0 Å². The molecule has 30 heteroatoms. The summed E-state index contributed by atoms with van der Waals surface area (Å²) in [6, 6.07) is 22.8. The zero-order chi connectivity index (χ0) is 68.6. The molecule has 0 bridgehead atoms. The van der Waals surface area contributed by atoms with Gasteiger partial charge in [0.05, 0.1) is 53.6 Å². The summed E-state index contributed by atoms with van der Waals surface area (Å²) in [7, 11) is -0.380. The van der Waals surface area contributed by atoms with Gasteiger partial charge < -0.3 is 39.5 Å². The van der Waals surface area contributed by atoms with Crippen LogP contribution in [0.5, 0.6) is 0 Å². The molecule has 6 aromatic heterocycles. The Hall–Kier alpha value is -9.26. The van der Waals surface area contributed by atoms with Gasteiger partial charge in [-0.1, -0.05) is 79.3 Å². The monoisotopic (exact) mass is 1360 g/mol. The minimum Gasteiger partial charge on any atom is -0.412 e. The highest BCUT2D eigenvalue weighted by molar-refractivity contribution is 6.62. The molecule has 23 nitrogen and oxygen atoms in total. The molecule has 522 valence electrons. The van der Waals surface area contributed by atoms with Gasteiger partial charge in [0.15, 0.2) is 28.9 Å². The molecule has 0 spiro atoms. The summed E-state index contributed by atoms with van der Waals surface area (Å²) < 4.78 is 110. The Balaban J connectivity index is 0.000000237. The van der Waals surface area contributed by atoms with Crippen LogP contribution in [0.4, 0.5) is 49.1 Å². The standard InChI is InChI=1S/C38H38F5N11O2.C29H40BFN6O3.CH4.H2O/c1-4-33(24(2)3)54-36(55)53(23-47-54)35-32(41)18-29(20-45-35)51-15-13-50(14-16-51)28-9-5-25(6-10-28)26-7-12-34(44-19-26)38(42,43)37(56,21-52-22-46-48-49-52)30-11-8-27(39)17-31(30)40;1-8-25(20(2)3)37-27(38)36(19-33-37)26-24(31)17-23(18-32-26)35-15-13-34(14-16-35)22-11-9-21(10-12-22)30-39-28(4,5)29(6,7)40-30;;/h5-12,17-20,22-24,33,56H,4,13-16,21H2,1-3H3;9-12,17-20,25H,8,13-16H2,1-7H3;1H4;1H2/t33-,37-;25-;;/m00../s1. The summed E-state index contributed by atoms with van der Waals surface area (Å²) >= 11 is 0. The van der Waals surface area contributed by atoms with E-state index in [2.05, 4.69) is 107 Å². The second-order valence-electron chi connectivity index (χ2n) is 26.1. The number of nitrogens with zero attached hydrogens (tertiary/aromatic N) is 17. The van der Waals surface area contributed by atoms with Crippen molar-refractivity contribution in [2.45, 2.75) is 131 Å². The Morgan fingerprint density at radius 3 is 1.42 bits per heavy atom. The minimum absolute atomic E-state index is 0. The number of hydrogen-bond donors (Lipinski definition) is 1. The lowest BCUT2D eigenvalue weighted by Gasteiger charge is -2.37. The molecule has 98 heavy (non-hydrogen) atoms. The van der Waals surface area contributed by atoms with Crippen LogP contribution >= 0.6 is 0 Å². The van der Waals surface area contributed by atoms with Crippen molar-refractivity contribution in [3.8, 4) is 22.8 Å². The topological polar surface area (TPSA) is 245 Å². The molecule has 0 unspecified atom stereocenters. The molecule has 9 aromatic rings. The molecular formula is C68H84BF6N17O6. The Morgan fingerprint density at radius 2 is 1.02 bits per heavy atom. The third-order valence-corrected chi connectivity index (χ3v) is 18.9. The number of tetrazole rings is 1. The summed E-state index contributed by atoms with van der Waals surface area (Å²) in [5.41, 5.74) is -0.980. The SMILES string of the molecule is C.CC[C@@H](C(C)C)n1ncn(-c2ncc(N3CCN(c4ccc(-c5ccc(C(F)(F)[C@](O)(Cn6cnnn6)c6ccc(F)cc6F)nc5)cc4)CC3)cc2F)c1=O.CC[C@@H](C(C)C)n1ncn(-c2ncc(N3CCN(c4ccc(B5OC(C)(C)C(C)(C)O5)cc4)CC3)cc2F)c1=O.O. The third-order valence-electron chi connectivity index (χ3n) is 18.9. The Labute approximate surface area is 564 Å². The molecule has 0 aliphatic carbocycles. The molecule has 3 aliphatic heterocycles. The zero-order valence-electron chi connectivity index (χ0n) is 55.7. The van der Waals surface area contributed by atoms with E-state index in [-0.39, 0.29) is 72.5 Å². The van der Waals surface area contributed by atoms with Gasteiger partial charge >= 0.3 is 24.4 Å². The number of alkyl halides is 2. The second-order valence-corrected chi connectivity index (χ2v) is 26.1. The Bertz CT molecular complexity index is 4260. The number of rotatable bonds is 19. The fraction of sp³-hybridized carbons (Fsp3) is 0.441. The highest BCUT2D eigenvalue weighted by Gasteiger charge is 2.58. The molecule has 3 fully saturated rings. The normalized spacial score (nSPS) is 16.7. The molecule has 3 atom stereocenters. The van der Waals surface area contributed by atoms with Crippen LogP contribution in [0.15, 0.2) is 138 Å². The van der Waals surface area contributed by atoms with Crippen LogP contribution < -0.4 is 36.4 Å². The molecule has 0 radical (unpaired) electrons. The van der Waals surface area contributed by atoms with Gasteiger partial charge in [-0.25, -0.2) is 60.3 Å². The van der Waals surface area contributed by atoms with Gasteiger partial charge in [-0.15, -0.1) is 5.10 Å². The number of pyridine rings is 3. The molecule has 3 N–H and O–H groups in total. The van der Waals surface area contributed by atoms with Crippen LogP contribution in [-0.2, 0) is 27.4 Å². The maximum atomic E-state index is 16.2. The average molecular weight is 1360 g/mol. The van der Waals surface area contributed by atoms with Gasteiger partial charge in [-0.05, 0) is 116 Å². The van der Waals surface area contributed by atoms with Crippen LogP contribution in [0.1, 0.15) is 113 Å². The number of hydrogen-bond acceptors (Lipinski definition) is 17. The summed E-state index contributed by atoms with van der Waals surface area (Å²) in [4.78, 5) is 47.2. The first-order valence-corrected chi connectivity index (χ1v) is 32.1.